The number of allylic oxidation sites excluding steroid dienone is 1. The van der Waals surface area contributed by atoms with Crippen LogP contribution in [0.5, 0.6) is 5.75 Å². The molecule has 7 heteroatoms. The highest BCUT2D eigenvalue weighted by atomic mass is 16.5. The maximum absolute atomic E-state index is 12.6. The fourth-order valence-electron chi connectivity index (χ4n) is 2.81. The van der Waals surface area contributed by atoms with Gasteiger partial charge in [-0.3, -0.25) is 4.79 Å². The monoisotopic (exact) mass is 327 g/mol. The van der Waals surface area contributed by atoms with Gasteiger partial charge in [-0.05, 0) is 26.0 Å². The first kappa shape index (κ1) is 16.0. The molecule has 0 spiro atoms. The van der Waals surface area contributed by atoms with Crippen LogP contribution in [0.2, 0.25) is 0 Å². The second kappa shape index (κ2) is 6.74. The Morgan fingerprint density at radius 3 is 2.83 bits per heavy atom. The minimum absolute atomic E-state index is 0.107. The lowest BCUT2D eigenvalue weighted by Gasteiger charge is -2.31. The summed E-state index contributed by atoms with van der Waals surface area (Å²) in [6.45, 7) is 4.72. The number of rotatable bonds is 5. The van der Waals surface area contributed by atoms with Gasteiger partial charge in [-0.1, -0.05) is 18.2 Å². The van der Waals surface area contributed by atoms with Gasteiger partial charge in [0.25, 0.3) is 5.91 Å². The highest BCUT2D eigenvalue weighted by Gasteiger charge is 2.31. The van der Waals surface area contributed by atoms with Crippen LogP contribution in [0.4, 0.5) is 5.95 Å². The second-order valence-electron chi connectivity index (χ2n) is 5.66. The van der Waals surface area contributed by atoms with E-state index in [-0.39, 0.29) is 11.9 Å². The lowest BCUT2D eigenvalue weighted by Crippen LogP contribution is -2.38. The molecule has 1 aliphatic rings. The molecule has 2 heterocycles. The molecule has 1 atom stereocenters. The van der Waals surface area contributed by atoms with Crippen LogP contribution in [-0.4, -0.2) is 40.9 Å². The molecule has 7 nitrogen and oxygen atoms in total. The minimum Gasteiger partial charge on any atom is -0.492 e. The summed E-state index contributed by atoms with van der Waals surface area (Å²) < 4.78 is 7.35. The number of hydrogen-bond acceptors (Lipinski definition) is 5. The maximum atomic E-state index is 12.6. The van der Waals surface area contributed by atoms with Crippen LogP contribution < -0.4 is 15.0 Å². The van der Waals surface area contributed by atoms with Crippen LogP contribution in [0.1, 0.15) is 19.9 Å². The van der Waals surface area contributed by atoms with E-state index in [0.717, 1.165) is 17.4 Å². The molecule has 1 aromatic heterocycles. The third-order valence-electron chi connectivity index (χ3n) is 4.18. The Hall–Kier alpha value is -2.83. The molecule has 0 fully saturated rings. The average molecular weight is 327 g/mol. The summed E-state index contributed by atoms with van der Waals surface area (Å²) in [5.41, 5.74) is 1.57. The molecule has 0 aliphatic carbocycles. The Labute approximate surface area is 140 Å². The topological polar surface area (TPSA) is 72.3 Å². The van der Waals surface area contributed by atoms with Gasteiger partial charge < -0.3 is 15.0 Å². The number of amides is 1. The van der Waals surface area contributed by atoms with Gasteiger partial charge in [0.15, 0.2) is 0 Å². The number of carbonyl (C=O) groups is 1. The lowest BCUT2D eigenvalue weighted by molar-refractivity contribution is -0.118. The summed E-state index contributed by atoms with van der Waals surface area (Å²) in [4.78, 5) is 18.7. The molecule has 2 aromatic rings. The van der Waals surface area contributed by atoms with Crippen LogP contribution in [-0.2, 0) is 4.79 Å². The van der Waals surface area contributed by atoms with E-state index in [0.29, 0.717) is 18.7 Å². The molecule has 0 saturated heterocycles. The third kappa shape index (κ3) is 2.97. The van der Waals surface area contributed by atoms with Gasteiger partial charge in [-0.15, -0.1) is 0 Å². The van der Waals surface area contributed by atoms with Crippen molar-refractivity contribution in [2.75, 3.05) is 25.1 Å². The SMILES string of the molecule is CC1=C(C(=O)NCCOc2ccccc2)[C@H](C)n2ncnc2N1C. The first-order valence-electron chi connectivity index (χ1n) is 7.89. The first-order valence-corrected chi connectivity index (χ1v) is 7.89. The van der Waals surface area contributed by atoms with Crippen LogP contribution in [0.3, 0.4) is 0 Å². The molecule has 1 amide bonds. The van der Waals surface area contributed by atoms with E-state index in [1.807, 2.05) is 56.1 Å². The average Bonchev–Trinajstić information content (AvgIpc) is 3.08. The van der Waals surface area contributed by atoms with E-state index in [4.69, 9.17) is 4.74 Å². The molecule has 126 valence electrons. The van der Waals surface area contributed by atoms with Crippen molar-refractivity contribution < 1.29 is 9.53 Å². The number of hydrogen-bond donors (Lipinski definition) is 1. The van der Waals surface area contributed by atoms with Gasteiger partial charge in [0.1, 0.15) is 18.7 Å². The van der Waals surface area contributed by atoms with Crippen molar-refractivity contribution in [1.82, 2.24) is 20.1 Å². The third-order valence-corrected chi connectivity index (χ3v) is 4.18. The molecule has 0 saturated carbocycles. The number of carbonyl (C=O) groups excluding carboxylic acids is 1. The lowest BCUT2D eigenvalue weighted by atomic mass is 10.0. The zero-order valence-corrected chi connectivity index (χ0v) is 14.1. The number of benzene rings is 1. The fourth-order valence-corrected chi connectivity index (χ4v) is 2.81. The van der Waals surface area contributed by atoms with Crippen LogP contribution in [0.25, 0.3) is 0 Å². The predicted octanol–water partition coefficient (Wildman–Crippen LogP) is 1.76. The van der Waals surface area contributed by atoms with Gasteiger partial charge in [0.2, 0.25) is 5.95 Å². The maximum Gasteiger partial charge on any atom is 0.251 e. The smallest absolute Gasteiger partial charge is 0.251 e. The minimum atomic E-state index is -0.159. The summed E-state index contributed by atoms with van der Waals surface area (Å²) >= 11 is 0. The first-order chi connectivity index (χ1) is 11.6. The molecule has 0 bridgehead atoms. The number of nitrogens with one attached hydrogen (secondary N) is 1. The number of ether oxygens (including phenoxy) is 1. The molecule has 1 aliphatic heterocycles. The highest BCUT2D eigenvalue weighted by Crippen LogP contribution is 2.32. The van der Waals surface area contributed by atoms with Crippen molar-refractivity contribution in [3.8, 4) is 5.75 Å². The standard InChI is InChI=1S/C17H21N5O2/c1-12-15(13(2)22-17(21(12)3)19-11-20-22)16(23)18-9-10-24-14-7-5-4-6-8-14/h4-8,11,13H,9-10H2,1-3H3,(H,18,23)/t13-/m0/s1. The Kier molecular flexibility index (Phi) is 4.50. The summed E-state index contributed by atoms with van der Waals surface area (Å²) in [6.07, 6.45) is 1.50. The fraction of sp³-hybridized carbons (Fsp3) is 0.353. The normalized spacial score (nSPS) is 16.8. The molecule has 0 unspecified atom stereocenters. The van der Waals surface area contributed by atoms with Crippen molar-refractivity contribution in [1.29, 1.82) is 0 Å². The Morgan fingerprint density at radius 1 is 1.33 bits per heavy atom. The molecular formula is C17H21N5O2. The van der Waals surface area contributed by atoms with Crippen LogP contribution in [0, 0.1) is 0 Å². The van der Waals surface area contributed by atoms with Gasteiger partial charge in [0, 0.05) is 12.7 Å². The zero-order chi connectivity index (χ0) is 17.1. The number of aromatic nitrogens is 3. The van der Waals surface area contributed by atoms with Crippen molar-refractivity contribution in [3.05, 3.63) is 47.9 Å². The molecule has 1 aromatic carbocycles. The molecular weight excluding hydrogens is 306 g/mol. The second-order valence-corrected chi connectivity index (χ2v) is 5.66. The quantitative estimate of drug-likeness (QED) is 0.847. The van der Waals surface area contributed by atoms with Crippen molar-refractivity contribution in [2.24, 2.45) is 0 Å². The summed E-state index contributed by atoms with van der Waals surface area (Å²) in [7, 11) is 1.88. The van der Waals surface area contributed by atoms with E-state index in [1.54, 1.807) is 4.68 Å². The van der Waals surface area contributed by atoms with Crippen molar-refractivity contribution >= 4 is 11.9 Å². The highest BCUT2D eigenvalue weighted by molar-refractivity contribution is 5.96. The van der Waals surface area contributed by atoms with Gasteiger partial charge >= 0.3 is 0 Å². The van der Waals surface area contributed by atoms with E-state index in [2.05, 4.69) is 15.4 Å². The summed E-state index contributed by atoms with van der Waals surface area (Å²) in [5.74, 6) is 1.42. The Bertz CT molecular complexity index is 753. The van der Waals surface area contributed by atoms with E-state index in [9.17, 15) is 4.79 Å². The number of nitrogens with zero attached hydrogens (tertiary/aromatic N) is 4. The van der Waals surface area contributed by atoms with Crippen molar-refractivity contribution in [3.63, 3.8) is 0 Å². The predicted molar refractivity (Wildman–Crippen MR) is 90.8 cm³/mol. The number of para-hydroxylation sites is 1. The van der Waals surface area contributed by atoms with Crippen LogP contribution in [0.15, 0.2) is 47.9 Å². The van der Waals surface area contributed by atoms with Crippen LogP contribution >= 0.6 is 0 Å². The van der Waals surface area contributed by atoms with Crippen molar-refractivity contribution in [2.45, 2.75) is 19.9 Å². The summed E-state index contributed by atoms with van der Waals surface area (Å²) in [6, 6.07) is 9.38. The van der Waals surface area contributed by atoms with Gasteiger partial charge in [-0.2, -0.15) is 10.1 Å². The van der Waals surface area contributed by atoms with E-state index >= 15 is 0 Å². The Morgan fingerprint density at radius 2 is 2.08 bits per heavy atom. The molecule has 0 radical (unpaired) electrons. The zero-order valence-electron chi connectivity index (χ0n) is 14.1. The largest absolute Gasteiger partial charge is 0.492 e. The number of anilines is 1. The molecule has 1 N–H and O–H groups in total. The molecule has 24 heavy (non-hydrogen) atoms. The van der Waals surface area contributed by atoms with Gasteiger partial charge in [-0.25, -0.2) is 4.68 Å². The molecule has 3 rings (SSSR count). The van der Waals surface area contributed by atoms with Gasteiger partial charge in [0.05, 0.1) is 18.2 Å². The van der Waals surface area contributed by atoms with E-state index < -0.39 is 0 Å². The Balaban J connectivity index is 1.61. The van der Waals surface area contributed by atoms with E-state index in [1.165, 1.54) is 6.33 Å². The summed E-state index contributed by atoms with van der Waals surface area (Å²) in [5, 5.41) is 7.13. The number of fused-ring (bicyclic) bond motifs is 1.